The largest absolute Gasteiger partial charge is 0.325 e. The zero-order valence-corrected chi connectivity index (χ0v) is 14.6. The molecule has 0 saturated heterocycles. The van der Waals surface area contributed by atoms with Crippen molar-refractivity contribution in [1.29, 1.82) is 0 Å². The Hall–Kier alpha value is -3.75. The number of hydrogen-bond acceptors (Lipinski definition) is 5. The lowest BCUT2D eigenvalue weighted by Crippen LogP contribution is -2.26. The van der Waals surface area contributed by atoms with Crippen LogP contribution in [0, 0.1) is 0 Å². The lowest BCUT2D eigenvalue weighted by molar-refractivity contribution is -0.119. The predicted octanol–water partition coefficient (Wildman–Crippen LogP) is 1.28. The first-order chi connectivity index (χ1) is 13.0. The first-order valence-electron chi connectivity index (χ1n) is 8.23. The van der Waals surface area contributed by atoms with Crippen LogP contribution in [0.5, 0.6) is 0 Å². The molecule has 0 spiro atoms. The molecule has 9 nitrogen and oxygen atoms in total. The maximum Gasteiger partial charge on any atom is 0.250 e. The van der Waals surface area contributed by atoms with E-state index in [4.69, 9.17) is 0 Å². The SMILES string of the molecule is CC(C(=O)Nc1ccc(NC(=O)Cn2ccccc2=O)cc1)n1cncn1. The van der Waals surface area contributed by atoms with Gasteiger partial charge in [0.1, 0.15) is 25.2 Å². The maximum atomic E-state index is 12.2. The number of rotatable bonds is 6. The smallest absolute Gasteiger partial charge is 0.250 e. The summed E-state index contributed by atoms with van der Waals surface area (Å²) < 4.78 is 2.77. The van der Waals surface area contributed by atoms with Gasteiger partial charge in [-0.25, -0.2) is 9.67 Å². The predicted molar refractivity (Wildman–Crippen MR) is 99.1 cm³/mol. The van der Waals surface area contributed by atoms with Crippen molar-refractivity contribution in [3.8, 4) is 0 Å². The summed E-state index contributed by atoms with van der Waals surface area (Å²) in [4.78, 5) is 39.7. The highest BCUT2D eigenvalue weighted by Crippen LogP contribution is 2.15. The zero-order chi connectivity index (χ0) is 19.2. The van der Waals surface area contributed by atoms with Crippen molar-refractivity contribution >= 4 is 23.2 Å². The molecule has 0 aliphatic heterocycles. The van der Waals surface area contributed by atoms with Gasteiger partial charge in [-0.05, 0) is 37.3 Å². The second-order valence-corrected chi connectivity index (χ2v) is 5.83. The van der Waals surface area contributed by atoms with Gasteiger partial charge in [-0.15, -0.1) is 0 Å². The molecule has 1 aromatic carbocycles. The molecule has 2 amide bonds. The summed E-state index contributed by atoms with van der Waals surface area (Å²) >= 11 is 0. The second-order valence-electron chi connectivity index (χ2n) is 5.83. The standard InChI is InChI=1S/C18H18N6O3/c1-13(24-12-19-11-20-24)18(27)22-15-7-5-14(6-8-15)21-16(25)10-23-9-3-2-4-17(23)26/h2-9,11-13H,10H2,1H3,(H,21,25)(H,22,27). The molecule has 2 heterocycles. The number of aromatic nitrogens is 4. The van der Waals surface area contributed by atoms with Crippen LogP contribution in [0.3, 0.4) is 0 Å². The van der Waals surface area contributed by atoms with Gasteiger partial charge >= 0.3 is 0 Å². The van der Waals surface area contributed by atoms with Crippen molar-refractivity contribution in [3.05, 3.63) is 71.7 Å². The van der Waals surface area contributed by atoms with Crippen LogP contribution >= 0.6 is 0 Å². The third-order valence-electron chi connectivity index (χ3n) is 3.86. The number of nitrogens with one attached hydrogen (secondary N) is 2. The Kier molecular flexibility index (Phi) is 5.41. The summed E-state index contributed by atoms with van der Waals surface area (Å²) in [5.41, 5.74) is 0.905. The lowest BCUT2D eigenvalue weighted by atomic mass is 10.2. The second kappa shape index (κ2) is 8.09. The van der Waals surface area contributed by atoms with Gasteiger partial charge in [0.25, 0.3) is 5.56 Å². The normalized spacial score (nSPS) is 11.6. The molecule has 9 heteroatoms. The van der Waals surface area contributed by atoms with E-state index < -0.39 is 6.04 Å². The van der Waals surface area contributed by atoms with E-state index in [1.807, 2.05) is 0 Å². The van der Waals surface area contributed by atoms with E-state index in [-0.39, 0.29) is 23.9 Å². The molecule has 3 aromatic rings. The fourth-order valence-electron chi connectivity index (χ4n) is 2.37. The minimum absolute atomic E-state index is 0.0758. The summed E-state index contributed by atoms with van der Waals surface area (Å²) in [6, 6.07) is 10.9. The third kappa shape index (κ3) is 4.66. The van der Waals surface area contributed by atoms with Crippen molar-refractivity contribution in [2.45, 2.75) is 19.5 Å². The van der Waals surface area contributed by atoms with E-state index in [0.29, 0.717) is 11.4 Å². The van der Waals surface area contributed by atoms with Crippen molar-refractivity contribution in [3.63, 3.8) is 0 Å². The molecule has 1 atom stereocenters. The van der Waals surface area contributed by atoms with Crippen LogP contribution in [-0.2, 0) is 16.1 Å². The van der Waals surface area contributed by atoms with E-state index in [1.54, 1.807) is 49.5 Å². The van der Waals surface area contributed by atoms with Crippen LogP contribution in [0.15, 0.2) is 66.1 Å². The Balaban J connectivity index is 1.57. The molecule has 0 radical (unpaired) electrons. The number of hydrogen-bond donors (Lipinski definition) is 2. The van der Waals surface area contributed by atoms with Crippen LogP contribution in [0.2, 0.25) is 0 Å². The topological polar surface area (TPSA) is 111 Å². The minimum atomic E-state index is -0.504. The highest BCUT2D eigenvalue weighted by atomic mass is 16.2. The number of anilines is 2. The van der Waals surface area contributed by atoms with Crippen LogP contribution < -0.4 is 16.2 Å². The molecule has 0 saturated carbocycles. The van der Waals surface area contributed by atoms with Gasteiger partial charge in [-0.3, -0.25) is 14.4 Å². The number of carbonyl (C=O) groups excluding carboxylic acids is 2. The van der Waals surface area contributed by atoms with Gasteiger partial charge in [0.05, 0.1) is 0 Å². The van der Waals surface area contributed by atoms with Crippen molar-refractivity contribution < 1.29 is 9.59 Å². The van der Waals surface area contributed by atoms with Gasteiger partial charge in [-0.2, -0.15) is 5.10 Å². The molecule has 27 heavy (non-hydrogen) atoms. The van der Waals surface area contributed by atoms with Gasteiger partial charge in [0.2, 0.25) is 11.8 Å². The van der Waals surface area contributed by atoms with Crippen molar-refractivity contribution in [1.82, 2.24) is 19.3 Å². The summed E-state index contributed by atoms with van der Waals surface area (Å²) in [7, 11) is 0. The summed E-state index contributed by atoms with van der Waals surface area (Å²) in [5.74, 6) is -0.555. The minimum Gasteiger partial charge on any atom is -0.325 e. The summed E-state index contributed by atoms with van der Waals surface area (Å²) in [6.45, 7) is 1.64. The molecular formula is C18H18N6O3. The van der Waals surface area contributed by atoms with Gasteiger partial charge in [0, 0.05) is 23.6 Å². The zero-order valence-electron chi connectivity index (χ0n) is 14.6. The van der Waals surface area contributed by atoms with Gasteiger partial charge in [-0.1, -0.05) is 6.07 Å². The number of carbonyl (C=O) groups is 2. The Morgan fingerprint density at radius 2 is 1.78 bits per heavy atom. The first kappa shape index (κ1) is 18.1. The van der Waals surface area contributed by atoms with E-state index >= 15 is 0 Å². The van der Waals surface area contributed by atoms with Crippen LogP contribution in [0.1, 0.15) is 13.0 Å². The monoisotopic (exact) mass is 366 g/mol. The van der Waals surface area contributed by atoms with Crippen molar-refractivity contribution in [2.24, 2.45) is 0 Å². The van der Waals surface area contributed by atoms with Crippen LogP contribution in [0.25, 0.3) is 0 Å². The molecule has 0 aliphatic rings. The molecule has 0 fully saturated rings. The van der Waals surface area contributed by atoms with Crippen LogP contribution in [0.4, 0.5) is 11.4 Å². The number of amides is 2. The highest BCUT2D eigenvalue weighted by molar-refractivity contribution is 5.94. The Bertz CT molecular complexity index is 979. The van der Waals surface area contributed by atoms with Crippen LogP contribution in [-0.4, -0.2) is 31.1 Å². The first-order valence-corrected chi connectivity index (χ1v) is 8.23. The van der Waals surface area contributed by atoms with E-state index in [0.717, 1.165) is 0 Å². The Labute approximate surface area is 154 Å². The molecule has 2 N–H and O–H groups in total. The van der Waals surface area contributed by atoms with E-state index in [1.165, 1.54) is 28.0 Å². The number of pyridine rings is 1. The Morgan fingerprint density at radius 1 is 1.07 bits per heavy atom. The molecular weight excluding hydrogens is 348 g/mol. The number of nitrogens with zero attached hydrogens (tertiary/aromatic N) is 4. The fourth-order valence-corrected chi connectivity index (χ4v) is 2.37. The van der Waals surface area contributed by atoms with Gasteiger partial charge in [0.15, 0.2) is 0 Å². The lowest BCUT2D eigenvalue weighted by Gasteiger charge is -2.12. The quantitative estimate of drug-likeness (QED) is 0.683. The average molecular weight is 366 g/mol. The maximum absolute atomic E-state index is 12.2. The van der Waals surface area contributed by atoms with Crippen molar-refractivity contribution in [2.75, 3.05) is 10.6 Å². The molecule has 138 valence electrons. The third-order valence-corrected chi connectivity index (χ3v) is 3.86. The van der Waals surface area contributed by atoms with Gasteiger partial charge < -0.3 is 15.2 Å². The molecule has 3 rings (SSSR count). The average Bonchev–Trinajstić information content (AvgIpc) is 3.19. The molecule has 1 unspecified atom stereocenters. The Morgan fingerprint density at radius 3 is 2.41 bits per heavy atom. The molecule has 0 aliphatic carbocycles. The summed E-state index contributed by atoms with van der Waals surface area (Å²) in [5, 5.41) is 9.42. The number of benzene rings is 1. The molecule has 0 bridgehead atoms. The molecule has 2 aromatic heterocycles. The fraction of sp³-hybridized carbons (Fsp3) is 0.167. The van der Waals surface area contributed by atoms with E-state index in [9.17, 15) is 14.4 Å². The highest BCUT2D eigenvalue weighted by Gasteiger charge is 2.15. The summed E-state index contributed by atoms with van der Waals surface area (Å²) in [6.07, 6.45) is 4.39. The van der Waals surface area contributed by atoms with E-state index in [2.05, 4.69) is 20.7 Å².